The largest absolute Gasteiger partial charge is 0.218 e. The van der Waals surface area contributed by atoms with Crippen molar-refractivity contribution in [3.05, 3.63) is 59.7 Å². The molecule has 0 saturated carbocycles. The average Bonchev–Trinajstić information content (AvgIpc) is 2.62. The summed E-state index contributed by atoms with van der Waals surface area (Å²) in [6, 6.07) is 15.7. The highest BCUT2D eigenvalue weighted by Crippen LogP contribution is 2.34. The number of nitrogens with zero attached hydrogens (tertiary/aromatic N) is 2. The molecule has 0 amide bonds. The lowest BCUT2D eigenvalue weighted by atomic mass is 10.1. The van der Waals surface area contributed by atoms with Crippen LogP contribution in [0.3, 0.4) is 0 Å². The summed E-state index contributed by atoms with van der Waals surface area (Å²) in [6.45, 7) is 0. The smallest absolute Gasteiger partial charge is 0.207 e. The molecule has 0 aliphatic carbocycles. The highest BCUT2D eigenvalue weighted by Gasteiger charge is 2.32. The van der Waals surface area contributed by atoms with Gasteiger partial charge in [-0.2, -0.15) is 10.5 Å². The maximum Gasteiger partial charge on any atom is 0.207 e. The van der Waals surface area contributed by atoms with E-state index in [4.69, 9.17) is 56.9 Å². The molecule has 27 heavy (non-hydrogen) atoms. The normalized spacial score (nSPS) is 12.2. The van der Waals surface area contributed by atoms with Crippen LogP contribution in [0.2, 0.25) is 0 Å². The maximum absolute atomic E-state index is 13.3. The molecule has 0 aromatic heterocycles. The molecule has 0 radical (unpaired) electrons. The van der Waals surface area contributed by atoms with Gasteiger partial charge in [0.2, 0.25) is 18.5 Å². The second-order valence-corrected chi connectivity index (χ2v) is 10.6. The number of sulfone groups is 1. The second-order valence-electron chi connectivity index (χ2n) is 5.70. The molecule has 4 nitrogen and oxygen atoms in total. The van der Waals surface area contributed by atoms with Gasteiger partial charge in [-0.15, -0.1) is 0 Å². The molecule has 2 aromatic rings. The summed E-state index contributed by atoms with van der Waals surface area (Å²) < 4.78 is 23.0. The first-order valence-corrected chi connectivity index (χ1v) is 10.5. The van der Waals surface area contributed by atoms with Crippen LogP contribution < -0.4 is 0 Å². The van der Waals surface area contributed by atoms with Gasteiger partial charge in [0, 0.05) is 12.8 Å². The highest BCUT2D eigenvalue weighted by molar-refractivity contribution is 7.91. The van der Waals surface area contributed by atoms with Crippen molar-refractivity contribution in [1.29, 1.82) is 10.5 Å². The fraction of sp³-hybridized carbons (Fsp3) is 0.222. The topological polar surface area (TPSA) is 81.7 Å². The molecule has 0 atom stereocenters. The van der Waals surface area contributed by atoms with Gasteiger partial charge in [-0.05, 0) is 23.3 Å². The van der Waals surface area contributed by atoms with Crippen LogP contribution in [-0.2, 0) is 22.7 Å². The first-order chi connectivity index (χ1) is 12.5. The predicted molar refractivity (Wildman–Crippen MR) is 106 cm³/mol. The van der Waals surface area contributed by atoms with E-state index < -0.39 is 18.5 Å². The second kappa shape index (κ2) is 8.27. The number of hydrogen-bond donors (Lipinski definition) is 0. The minimum Gasteiger partial charge on any atom is -0.218 e. The molecule has 0 bridgehead atoms. The first kappa shape index (κ1) is 21.8. The van der Waals surface area contributed by atoms with E-state index in [1.54, 1.807) is 36.4 Å². The number of hydrogen-bond acceptors (Lipinski definition) is 4. The van der Waals surface area contributed by atoms with Crippen LogP contribution >= 0.6 is 46.4 Å². The lowest BCUT2D eigenvalue weighted by Gasteiger charge is -2.17. The summed E-state index contributed by atoms with van der Waals surface area (Å²) in [7, 11) is -4.01. The van der Waals surface area contributed by atoms with Crippen molar-refractivity contribution in [2.24, 2.45) is 0 Å². The maximum atomic E-state index is 13.3. The van der Waals surface area contributed by atoms with E-state index in [0.29, 0.717) is 11.1 Å². The van der Waals surface area contributed by atoms with Crippen molar-refractivity contribution in [3.63, 3.8) is 0 Å². The van der Waals surface area contributed by atoms with Crippen molar-refractivity contribution in [2.75, 3.05) is 0 Å². The van der Waals surface area contributed by atoms with Gasteiger partial charge in [0.25, 0.3) is 0 Å². The van der Waals surface area contributed by atoms with E-state index in [1.807, 2.05) is 0 Å². The molecule has 0 saturated heterocycles. The quantitative estimate of drug-likeness (QED) is 0.566. The Hall–Kier alpha value is -1.47. The molecule has 0 aliphatic rings. The van der Waals surface area contributed by atoms with E-state index >= 15 is 0 Å². The molecule has 0 unspecified atom stereocenters. The third-order valence-corrected chi connectivity index (χ3v) is 6.50. The van der Waals surface area contributed by atoms with Crippen LogP contribution in [0.25, 0.3) is 0 Å². The highest BCUT2D eigenvalue weighted by atomic mass is 35.5. The lowest BCUT2D eigenvalue weighted by molar-refractivity contribution is 0.593. The minimum absolute atomic E-state index is 0.0370. The summed E-state index contributed by atoms with van der Waals surface area (Å²) >= 11 is 23.6. The molecule has 2 aromatic carbocycles. The Labute approximate surface area is 177 Å². The summed E-state index contributed by atoms with van der Waals surface area (Å²) in [5.41, 5.74) is 0.587. The van der Waals surface area contributed by atoms with Crippen molar-refractivity contribution in [1.82, 2.24) is 0 Å². The van der Waals surface area contributed by atoms with E-state index in [9.17, 15) is 8.42 Å². The molecule has 9 heteroatoms. The zero-order valence-corrected chi connectivity index (χ0v) is 17.5. The fourth-order valence-electron chi connectivity index (χ4n) is 2.50. The van der Waals surface area contributed by atoms with Gasteiger partial charge >= 0.3 is 0 Å². The molecular weight excluding hydrogens is 450 g/mol. The summed E-state index contributed by atoms with van der Waals surface area (Å²) in [4.78, 5) is -0.0739. The van der Waals surface area contributed by atoms with Crippen molar-refractivity contribution in [2.45, 2.75) is 31.3 Å². The molecule has 0 N–H and O–H groups in total. The van der Waals surface area contributed by atoms with Gasteiger partial charge in [0.15, 0.2) is 0 Å². The third-order valence-electron chi connectivity index (χ3n) is 3.68. The zero-order chi connectivity index (χ0) is 20.3. The van der Waals surface area contributed by atoms with Crippen molar-refractivity contribution in [3.8, 4) is 12.1 Å². The number of rotatable bonds is 6. The summed E-state index contributed by atoms with van der Waals surface area (Å²) in [5, 5.41) is 18.1. The first-order valence-electron chi connectivity index (χ1n) is 7.51. The molecule has 2 rings (SSSR count). The predicted octanol–water partition coefficient (Wildman–Crippen LogP) is 5.00. The molecule has 0 fully saturated rings. The number of nitriles is 2. The Balaban J connectivity index is 2.60. The molecule has 0 spiro atoms. The van der Waals surface area contributed by atoms with E-state index in [2.05, 4.69) is 0 Å². The SMILES string of the molecule is N#CC(Cl)(Cl)Cc1ccccc1S(=O)(=O)c1ccccc1CC(Cl)(Cl)C#N. The minimum atomic E-state index is -4.01. The van der Waals surface area contributed by atoms with Gasteiger partial charge in [-0.25, -0.2) is 8.42 Å². The Morgan fingerprint density at radius 3 is 1.41 bits per heavy atom. The van der Waals surface area contributed by atoms with Crippen LogP contribution in [-0.4, -0.2) is 17.1 Å². The summed E-state index contributed by atoms with van der Waals surface area (Å²) in [6.07, 6.45) is -0.366. The fourth-order valence-corrected chi connectivity index (χ4v) is 4.80. The van der Waals surface area contributed by atoms with Gasteiger partial charge in [0.1, 0.15) is 12.1 Å². The van der Waals surface area contributed by atoms with E-state index in [-0.39, 0.29) is 22.6 Å². The lowest BCUT2D eigenvalue weighted by Crippen LogP contribution is -2.18. The Morgan fingerprint density at radius 1 is 0.741 bits per heavy atom. The molecule has 140 valence electrons. The summed E-state index contributed by atoms with van der Waals surface area (Å²) in [5.74, 6) is 0. The van der Waals surface area contributed by atoms with E-state index in [0.717, 1.165) is 0 Å². The Bertz CT molecular complexity index is 960. The van der Waals surface area contributed by atoms with Gasteiger partial charge in [-0.3, -0.25) is 0 Å². The van der Waals surface area contributed by atoms with E-state index in [1.165, 1.54) is 24.3 Å². The number of alkyl halides is 4. The van der Waals surface area contributed by atoms with Crippen LogP contribution in [0, 0.1) is 22.7 Å². The van der Waals surface area contributed by atoms with Crippen LogP contribution in [0.15, 0.2) is 58.3 Å². The van der Waals surface area contributed by atoms with Crippen molar-refractivity contribution >= 4 is 56.2 Å². The Kier molecular flexibility index (Phi) is 6.68. The standard InChI is InChI=1S/C18H12Cl4N2O2S/c19-17(20,11-23)9-13-5-1-3-7-15(13)27(25,26)16-8-4-2-6-14(16)10-18(21,22)12-24/h1-8H,9-10H2. The monoisotopic (exact) mass is 460 g/mol. The van der Waals surface area contributed by atoms with Gasteiger partial charge in [0.05, 0.1) is 9.79 Å². The molecular formula is C18H12Cl4N2O2S. The number of benzene rings is 2. The average molecular weight is 462 g/mol. The van der Waals surface area contributed by atoms with Gasteiger partial charge < -0.3 is 0 Å². The van der Waals surface area contributed by atoms with Crippen LogP contribution in [0.1, 0.15) is 11.1 Å². The van der Waals surface area contributed by atoms with Gasteiger partial charge in [-0.1, -0.05) is 82.8 Å². The zero-order valence-electron chi connectivity index (χ0n) is 13.7. The third kappa shape index (κ3) is 5.29. The van der Waals surface area contributed by atoms with Crippen molar-refractivity contribution < 1.29 is 8.42 Å². The van der Waals surface area contributed by atoms with Crippen LogP contribution in [0.5, 0.6) is 0 Å². The Morgan fingerprint density at radius 2 is 1.07 bits per heavy atom. The van der Waals surface area contributed by atoms with Crippen LogP contribution in [0.4, 0.5) is 0 Å². The number of halogens is 4. The molecule has 0 heterocycles. The molecule has 0 aliphatic heterocycles.